The molecule has 0 radical (unpaired) electrons. The van der Waals surface area contributed by atoms with E-state index >= 15 is 0 Å². The number of hydrogen-bond acceptors (Lipinski definition) is 2. The highest BCUT2D eigenvalue weighted by Crippen LogP contribution is 2.22. The monoisotopic (exact) mass is 164 g/mol. The molecule has 2 rings (SSSR count). The standard InChI is InChI=1S/C8H8N2S/c1-5-2-3-7(11)6-4-9-10-8(5)6/h2-4,11H,1H3,(H,9,10). The van der Waals surface area contributed by atoms with Crippen molar-refractivity contribution in [2.45, 2.75) is 11.8 Å². The smallest absolute Gasteiger partial charge is 0.0690 e. The van der Waals surface area contributed by atoms with E-state index in [0.29, 0.717) is 0 Å². The van der Waals surface area contributed by atoms with E-state index in [1.165, 1.54) is 5.56 Å². The first-order valence-corrected chi connectivity index (χ1v) is 3.85. The van der Waals surface area contributed by atoms with Crippen LogP contribution in [0.3, 0.4) is 0 Å². The third-order valence-corrected chi connectivity index (χ3v) is 2.19. The Morgan fingerprint density at radius 3 is 3.00 bits per heavy atom. The third-order valence-electron chi connectivity index (χ3n) is 1.80. The van der Waals surface area contributed by atoms with Crippen LogP contribution >= 0.6 is 12.6 Å². The summed E-state index contributed by atoms with van der Waals surface area (Å²) in [5, 5.41) is 7.97. The van der Waals surface area contributed by atoms with Crippen LogP contribution in [0, 0.1) is 6.92 Å². The predicted molar refractivity (Wildman–Crippen MR) is 48.1 cm³/mol. The average molecular weight is 164 g/mol. The highest BCUT2D eigenvalue weighted by molar-refractivity contribution is 7.80. The molecular weight excluding hydrogens is 156 g/mol. The maximum absolute atomic E-state index is 4.30. The van der Waals surface area contributed by atoms with Gasteiger partial charge in [-0.15, -0.1) is 12.6 Å². The number of rotatable bonds is 0. The fraction of sp³-hybridized carbons (Fsp3) is 0.125. The Morgan fingerprint density at radius 2 is 2.27 bits per heavy atom. The lowest BCUT2D eigenvalue weighted by atomic mass is 10.2. The summed E-state index contributed by atoms with van der Waals surface area (Å²) in [7, 11) is 0. The van der Waals surface area contributed by atoms with Crippen LogP contribution in [0.25, 0.3) is 10.9 Å². The van der Waals surface area contributed by atoms with Crippen molar-refractivity contribution in [3.63, 3.8) is 0 Å². The van der Waals surface area contributed by atoms with Gasteiger partial charge in [-0.3, -0.25) is 5.10 Å². The van der Waals surface area contributed by atoms with Gasteiger partial charge in [0.2, 0.25) is 0 Å². The number of thiol groups is 1. The van der Waals surface area contributed by atoms with Gasteiger partial charge in [0, 0.05) is 10.3 Å². The number of aromatic amines is 1. The van der Waals surface area contributed by atoms with E-state index in [9.17, 15) is 0 Å². The number of nitrogens with one attached hydrogen (secondary N) is 1. The largest absolute Gasteiger partial charge is 0.278 e. The van der Waals surface area contributed by atoms with Crippen LogP contribution < -0.4 is 0 Å². The fourth-order valence-corrected chi connectivity index (χ4v) is 1.40. The van der Waals surface area contributed by atoms with Gasteiger partial charge >= 0.3 is 0 Å². The van der Waals surface area contributed by atoms with Gasteiger partial charge in [-0.1, -0.05) is 6.07 Å². The van der Waals surface area contributed by atoms with E-state index in [2.05, 4.69) is 22.8 Å². The molecule has 0 amide bonds. The topological polar surface area (TPSA) is 28.7 Å². The molecule has 56 valence electrons. The molecule has 2 nitrogen and oxygen atoms in total. The van der Waals surface area contributed by atoms with Gasteiger partial charge in [-0.05, 0) is 18.6 Å². The van der Waals surface area contributed by atoms with E-state index in [1.807, 2.05) is 19.1 Å². The van der Waals surface area contributed by atoms with Gasteiger partial charge in [0.1, 0.15) is 0 Å². The molecule has 0 spiro atoms. The Morgan fingerprint density at radius 1 is 1.45 bits per heavy atom. The lowest BCUT2D eigenvalue weighted by Crippen LogP contribution is -1.76. The summed E-state index contributed by atoms with van der Waals surface area (Å²) in [6.07, 6.45) is 1.80. The molecule has 1 aromatic carbocycles. The van der Waals surface area contributed by atoms with E-state index in [1.54, 1.807) is 6.20 Å². The maximum Gasteiger partial charge on any atom is 0.0690 e. The van der Waals surface area contributed by atoms with Gasteiger partial charge in [-0.25, -0.2) is 0 Å². The van der Waals surface area contributed by atoms with Gasteiger partial charge in [0.05, 0.1) is 11.7 Å². The van der Waals surface area contributed by atoms with Crippen LogP contribution in [-0.2, 0) is 0 Å². The van der Waals surface area contributed by atoms with E-state index in [-0.39, 0.29) is 0 Å². The molecule has 0 aliphatic heterocycles. The molecular formula is C8H8N2S. The van der Waals surface area contributed by atoms with Crippen LogP contribution in [-0.4, -0.2) is 10.2 Å². The normalized spacial score (nSPS) is 10.7. The first-order valence-electron chi connectivity index (χ1n) is 3.40. The van der Waals surface area contributed by atoms with Crippen molar-refractivity contribution in [2.24, 2.45) is 0 Å². The minimum Gasteiger partial charge on any atom is -0.278 e. The van der Waals surface area contributed by atoms with E-state index in [0.717, 1.165) is 15.8 Å². The van der Waals surface area contributed by atoms with Crippen LogP contribution in [0.1, 0.15) is 5.56 Å². The predicted octanol–water partition coefficient (Wildman–Crippen LogP) is 2.16. The summed E-state index contributed by atoms with van der Waals surface area (Å²) in [4.78, 5) is 0.972. The van der Waals surface area contributed by atoms with Crippen molar-refractivity contribution in [1.29, 1.82) is 0 Å². The molecule has 0 saturated heterocycles. The number of aryl methyl sites for hydroxylation is 1. The average Bonchev–Trinajstić information content (AvgIpc) is 2.45. The first kappa shape index (κ1) is 6.73. The lowest BCUT2D eigenvalue weighted by Gasteiger charge is -1.96. The summed E-state index contributed by atoms with van der Waals surface area (Å²) in [5.74, 6) is 0. The Kier molecular flexibility index (Phi) is 1.39. The SMILES string of the molecule is Cc1ccc(S)c2cn[nH]c12. The highest BCUT2D eigenvalue weighted by Gasteiger charge is 2.00. The zero-order valence-corrected chi connectivity index (χ0v) is 7.02. The zero-order valence-electron chi connectivity index (χ0n) is 6.13. The van der Waals surface area contributed by atoms with Crippen LogP contribution in [0.4, 0.5) is 0 Å². The second-order valence-electron chi connectivity index (χ2n) is 2.56. The van der Waals surface area contributed by atoms with Crippen LogP contribution in [0.2, 0.25) is 0 Å². The molecule has 0 atom stereocenters. The number of benzene rings is 1. The summed E-state index contributed by atoms with van der Waals surface area (Å²) < 4.78 is 0. The molecule has 3 heteroatoms. The number of hydrogen-bond donors (Lipinski definition) is 2. The quantitative estimate of drug-likeness (QED) is 0.574. The maximum atomic E-state index is 4.30. The Hall–Kier alpha value is -0.960. The molecule has 0 saturated carbocycles. The zero-order chi connectivity index (χ0) is 7.84. The number of aromatic nitrogens is 2. The number of fused-ring (bicyclic) bond motifs is 1. The summed E-state index contributed by atoms with van der Waals surface area (Å²) >= 11 is 4.30. The van der Waals surface area contributed by atoms with Crippen molar-refractivity contribution in [3.8, 4) is 0 Å². The molecule has 0 aliphatic rings. The number of H-pyrrole nitrogens is 1. The third kappa shape index (κ3) is 0.922. The van der Waals surface area contributed by atoms with Crippen molar-refractivity contribution < 1.29 is 0 Å². The molecule has 2 aromatic rings. The van der Waals surface area contributed by atoms with Crippen LogP contribution in [0.15, 0.2) is 23.2 Å². The Labute approximate surface area is 70.0 Å². The minimum absolute atomic E-state index is 0.972. The minimum atomic E-state index is 0.972. The van der Waals surface area contributed by atoms with Crippen molar-refractivity contribution in [2.75, 3.05) is 0 Å². The first-order chi connectivity index (χ1) is 5.29. The highest BCUT2D eigenvalue weighted by atomic mass is 32.1. The fourth-order valence-electron chi connectivity index (χ4n) is 1.16. The van der Waals surface area contributed by atoms with Crippen molar-refractivity contribution >= 4 is 23.5 Å². The van der Waals surface area contributed by atoms with Gasteiger partial charge in [0.25, 0.3) is 0 Å². The molecule has 1 N–H and O–H groups in total. The molecule has 1 heterocycles. The Balaban J connectivity index is 2.96. The Bertz CT molecular complexity index is 356. The molecule has 0 unspecified atom stereocenters. The molecule has 0 fully saturated rings. The second kappa shape index (κ2) is 2.27. The molecule has 11 heavy (non-hydrogen) atoms. The van der Waals surface area contributed by atoms with Gasteiger partial charge in [0.15, 0.2) is 0 Å². The van der Waals surface area contributed by atoms with Gasteiger partial charge in [-0.2, -0.15) is 5.10 Å². The van der Waals surface area contributed by atoms with E-state index < -0.39 is 0 Å². The summed E-state index contributed by atoms with van der Waals surface area (Å²) in [6.45, 7) is 2.05. The molecule has 1 aromatic heterocycles. The van der Waals surface area contributed by atoms with E-state index in [4.69, 9.17) is 0 Å². The lowest BCUT2D eigenvalue weighted by molar-refractivity contribution is 1.11. The van der Waals surface area contributed by atoms with Crippen molar-refractivity contribution in [3.05, 3.63) is 23.9 Å². The molecule has 0 bridgehead atoms. The van der Waals surface area contributed by atoms with Crippen LogP contribution in [0.5, 0.6) is 0 Å². The van der Waals surface area contributed by atoms with Gasteiger partial charge < -0.3 is 0 Å². The second-order valence-corrected chi connectivity index (χ2v) is 3.04. The summed E-state index contributed by atoms with van der Waals surface area (Å²) in [6, 6.07) is 4.01. The molecule has 0 aliphatic carbocycles. The number of nitrogens with zero attached hydrogens (tertiary/aromatic N) is 1. The van der Waals surface area contributed by atoms with Crippen molar-refractivity contribution in [1.82, 2.24) is 10.2 Å². The summed E-state index contributed by atoms with van der Waals surface area (Å²) in [5.41, 5.74) is 2.28.